The predicted molar refractivity (Wildman–Crippen MR) is 111 cm³/mol. The van der Waals surface area contributed by atoms with E-state index in [2.05, 4.69) is 26.5 Å². The van der Waals surface area contributed by atoms with E-state index in [-0.39, 0.29) is 11.9 Å². The number of nitriles is 1. The van der Waals surface area contributed by atoms with Gasteiger partial charge in [-0.15, -0.1) is 0 Å². The van der Waals surface area contributed by atoms with Crippen LogP contribution in [0.1, 0.15) is 48.6 Å². The fourth-order valence-electron chi connectivity index (χ4n) is 3.41. The van der Waals surface area contributed by atoms with Gasteiger partial charge in [0.05, 0.1) is 42.7 Å². The zero-order valence-corrected chi connectivity index (χ0v) is 17.1. The van der Waals surface area contributed by atoms with Crippen LogP contribution in [0.2, 0.25) is 0 Å². The van der Waals surface area contributed by atoms with Gasteiger partial charge in [-0.3, -0.25) is 9.48 Å². The number of imidazole rings is 1. The van der Waals surface area contributed by atoms with Crippen molar-refractivity contribution in [3.05, 3.63) is 59.3 Å². The van der Waals surface area contributed by atoms with E-state index in [1.807, 2.05) is 55.8 Å². The number of nitrogens with one attached hydrogen (secondary N) is 2. The van der Waals surface area contributed by atoms with Crippen LogP contribution < -0.4 is 5.32 Å². The lowest BCUT2D eigenvalue weighted by atomic mass is 10.1. The SMILES string of the molecule is Cc1nn(CCC#N)c(C)c1CCC(=O)NC(C)c1ncc(-c2ccccc2)[nH]1. The Morgan fingerprint density at radius 2 is 2.07 bits per heavy atom. The highest BCUT2D eigenvalue weighted by Gasteiger charge is 2.16. The molecule has 7 nitrogen and oxygen atoms in total. The number of carbonyl (C=O) groups is 1. The fraction of sp³-hybridized carbons (Fsp3) is 0.364. The summed E-state index contributed by atoms with van der Waals surface area (Å²) in [6.45, 7) is 6.43. The standard InChI is InChI=1S/C22H26N6O/c1-15-19(17(3)28(27-15)13-7-12-23)10-11-21(29)25-16(2)22-24-14-20(26-22)18-8-5-4-6-9-18/h4-6,8-9,14,16H,7,10-11,13H2,1-3H3,(H,24,26)(H,25,29). The summed E-state index contributed by atoms with van der Waals surface area (Å²) in [5, 5.41) is 16.3. The van der Waals surface area contributed by atoms with Crippen LogP contribution >= 0.6 is 0 Å². The molecule has 0 aliphatic rings. The lowest BCUT2D eigenvalue weighted by Crippen LogP contribution is -2.27. The molecule has 0 radical (unpaired) electrons. The van der Waals surface area contributed by atoms with Crippen LogP contribution in [0.5, 0.6) is 0 Å². The number of nitrogens with zero attached hydrogens (tertiary/aromatic N) is 4. The van der Waals surface area contributed by atoms with E-state index in [0.29, 0.717) is 25.8 Å². The molecule has 2 heterocycles. The van der Waals surface area contributed by atoms with Gasteiger partial charge in [0.2, 0.25) is 5.91 Å². The first-order valence-corrected chi connectivity index (χ1v) is 9.79. The van der Waals surface area contributed by atoms with Gasteiger partial charge < -0.3 is 10.3 Å². The van der Waals surface area contributed by atoms with Crippen LogP contribution in [0.15, 0.2) is 36.5 Å². The van der Waals surface area contributed by atoms with Crippen LogP contribution in [0, 0.1) is 25.2 Å². The first-order chi connectivity index (χ1) is 14.0. The van der Waals surface area contributed by atoms with Crippen molar-refractivity contribution in [2.75, 3.05) is 0 Å². The summed E-state index contributed by atoms with van der Waals surface area (Å²) < 4.78 is 1.85. The molecule has 0 aliphatic carbocycles. The van der Waals surface area contributed by atoms with E-state index in [1.165, 1.54) is 0 Å². The lowest BCUT2D eigenvalue weighted by molar-refractivity contribution is -0.121. The zero-order valence-electron chi connectivity index (χ0n) is 17.1. The Balaban J connectivity index is 1.57. The van der Waals surface area contributed by atoms with E-state index < -0.39 is 0 Å². The van der Waals surface area contributed by atoms with Crippen LogP contribution in [-0.4, -0.2) is 25.7 Å². The number of hydrogen-bond acceptors (Lipinski definition) is 4. The third-order valence-corrected chi connectivity index (χ3v) is 5.04. The van der Waals surface area contributed by atoms with Crippen molar-refractivity contribution < 1.29 is 4.79 Å². The normalized spacial score (nSPS) is 11.8. The average molecular weight is 390 g/mol. The molecule has 0 saturated heterocycles. The van der Waals surface area contributed by atoms with Crippen molar-refractivity contribution >= 4 is 5.91 Å². The van der Waals surface area contributed by atoms with Gasteiger partial charge in [0, 0.05) is 12.1 Å². The van der Waals surface area contributed by atoms with Gasteiger partial charge in [0.1, 0.15) is 5.82 Å². The molecule has 0 saturated carbocycles. The fourth-order valence-corrected chi connectivity index (χ4v) is 3.41. The first kappa shape index (κ1) is 20.3. The summed E-state index contributed by atoms with van der Waals surface area (Å²) in [6, 6.07) is 11.9. The van der Waals surface area contributed by atoms with E-state index >= 15 is 0 Å². The molecule has 0 spiro atoms. The second kappa shape index (κ2) is 9.20. The van der Waals surface area contributed by atoms with Crippen molar-refractivity contribution in [1.82, 2.24) is 25.1 Å². The van der Waals surface area contributed by atoms with Gasteiger partial charge in [-0.25, -0.2) is 4.98 Å². The van der Waals surface area contributed by atoms with Gasteiger partial charge >= 0.3 is 0 Å². The maximum absolute atomic E-state index is 12.5. The second-order valence-corrected chi connectivity index (χ2v) is 7.12. The number of benzene rings is 1. The van der Waals surface area contributed by atoms with Crippen molar-refractivity contribution in [2.24, 2.45) is 0 Å². The molecule has 150 valence electrons. The van der Waals surface area contributed by atoms with Crippen molar-refractivity contribution in [3.8, 4) is 17.3 Å². The number of carbonyl (C=O) groups excluding carboxylic acids is 1. The van der Waals surface area contributed by atoms with Crippen molar-refractivity contribution in [1.29, 1.82) is 5.26 Å². The van der Waals surface area contributed by atoms with Gasteiger partial charge in [-0.05, 0) is 38.3 Å². The van der Waals surface area contributed by atoms with Crippen LogP contribution in [-0.2, 0) is 17.8 Å². The Hall–Kier alpha value is -3.40. The molecule has 0 aliphatic heterocycles. The summed E-state index contributed by atoms with van der Waals surface area (Å²) in [5.74, 6) is 0.702. The van der Waals surface area contributed by atoms with Crippen LogP contribution in [0.3, 0.4) is 0 Å². The minimum absolute atomic E-state index is 0.0289. The smallest absolute Gasteiger partial charge is 0.220 e. The summed E-state index contributed by atoms with van der Waals surface area (Å²) in [5.41, 5.74) is 5.01. The predicted octanol–water partition coefficient (Wildman–Crippen LogP) is 3.61. The number of aromatic amines is 1. The van der Waals surface area contributed by atoms with Crippen LogP contribution in [0.4, 0.5) is 0 Å². The Morgan fingerprint density at radius 3 is 2.79 bits per heavy atom. The molecule has 2 aromatic heterocycles. The minimum atomic E-state index is -0.208. The number of hydrogen-bond donors (Lipinski definition) is 2. The molecule has 0 fully saturated rings. The molecule has 7 heteroatoms. The quantitative estimate of drug-likeness (QED) is 0.614. The van der Waals surface area contributed by atoms with Gasteiger partial charge in [0.25, 0.3) is 0 Å². The molecular formula is C22H26N6O. The second-order valence-electron chi connectivity index (χ2n) is 7.12. The molecule has 1 atom stereocenters. The van der Waals surface area contributed by atoms with Gasteiger partial charge in [-0.2, -0.15) is 10.4 Å². The average Bonchev–Trinajstić information content (AvgIpc) is 3.31. The molecule has 0 bridgehead atoms. The Kier molecular flexibility index (Phi) is 6.45. The van der Waals surface area contributed by atoms with E-state index in [4.69, 9.17) is 5.26 Å². The topological polar surface area (TPSA) is 99.4 Å². The number of aryl methyl sites for hydroxylation is 2. The molecule has 1 unspecified atom stereocenters. The number of amides is 1. The molecule has 3 aromatic rings. The summed E-state index contributed by atoms with van der Waals surface area (Å²) >= 11 is 0. The monoisotopic (exact) mass is 390 g/mol. The van der Waals surface area contributed by atoms with Crippen LogP contribution in [0.25, 0.3) is 11.3 Å². The molecule has 29 heavy (non-hydrogen) atoms. The zero-order chi connectivity index (χ0) is 20.8. The van der Waals surface area contributed by atoms with Gasteiger partial charge in [0.15, 0.2) is 0 Å². The first-order valence-electron chi connectivity index (χ1n) is 9.79. The third-order valence-electron chi connectivity index (χ3n) is 5.04. The number of H-pyrrole nitrogens is 1. The highest BCUT2D eigenvalue weighted by atomic mass is 16.1. The van der Waals surface area contributed by atoms with Crippen molar-refractivity contribution in [2.45, 2.75) is 52.6 Å². The molecule has 3 rings (SSSR count). The molecule has 1 amide bonds. The van der Waals surface area contributed by atoms with Crippen molar-refractivity contribution in [3.63, 3.8) is 0 Å². The molecule has 2 N–H and O–H groups in total. The minimum Gasteiger partial charge on any atom is -0.346 e. The maximum Gasteiger partial charge on any atom is 0.220 e. The third kappa shape index (κ3) is 4.91. The highest BCUT2D eigenvalue weighted by molar-refractivity contribution is 5.76. The van der Waals surface area contributed by atoms with Gasteiger partial charge in [-0.1, -0.05) is 30.3 Å². The Labute approximate surface area is 170 Å². The highest BCUT2D eigenvalue weighted by Crippen LogP contribution is 2.19. The van der Waals surface area contributed by atoms with E-state index in [1.54, 1.807) is 6.20 Å². The number of aromatic nitrogens is 4. The summed E-state index contributed by atoms with van der Waals surface area (Å²) in [4.78, 5) is 20.2. The summed E-state index contributed by atoms with van der Waals surface area (Å²) in [6.07, 6.45) is 3.21. The molecule has 1 aromatic carbocycles. The Morgan fingerprint density at radius 1 is 1.31 bits per heavy atom. The largest absolute Gasteiger partial charge is 0.346 e. The Bertz CT molecular complexity index is 1010. The number of rotatable bonds is 8. The van der Waals surface area contributed by atoms with E-state index in [9.17, 15) is 4.79 Å². The van der Waals surface area contributed by atoms with E-state index in [0.717, 1.165) is 34.0 Å². The molecular weight excluding hydrogens is 364 g/mol. The maximum atomic E-state index is 12.5. The summed E-state index contributed by atoms with van der Waals surface area (Å²) in [7, 11) is 0. The lowest BCUT2D eigenvalue weighted by Gasteiger charge is -2.12.